The Balaban J connectivity index is 2.12. The average Bonchev–Trinajstić information content (AvgIpc) is 2.75. The number of rotatable bonds is 3. The summed E-state index contributed by atoms with van der Waals surface area (Å²) in [6.07, 6.45) is 0.960. The summed E-state index contributed by atoms with van der Waals surface area (Å²) in [5, 5.41) is 0. The van der Waals surface area contributed by atoms with Crippen LogP contribution in [0, 0.1) is 11.6 Å². The van der Waals surface area contributed by atoms with Crippen LogP contribution in [0.1, 0.15) is 27.7 Å². The molecule has 0 bridgehead atoms. The van der Waals surface area contributed by atoms with E-state index in [-0.39, 0.29) is 16.0 Å². The molecule has 0 amide bonds. The van der Waals surface area contributed by atoms with E-state index in [0.29, 0.717) is 5.46 Å². The lowest BCUT2D eigenvalue weighted by atomic mass is 9.78. The van der Waals surface area contributed by atoms with Gasteiger partial charge in [-0.3, -0.25) is 0 Å². The minimum Gasteiger partial charge on any atom is -0.399 e. The number of halogens is 2. The maximum Gasteiger partial charge on any atom is 0.494 e. The Morgan fingerprint density at radius 2 is 1.48 bits per heavy atom. The van der Waals surface area contributed by atoms with Crippen LogP contribution < -0.4 is 5.46 Å². The van der Waals surface area contributed by atoms with Gasteiger partial charge in [-0.2, -0.15) is 0 Å². The standard InChI is InChI=1S/C19H21BF2O4S/c1-18(2)19(3,4)26-20(25-18)12-6-9-16(22)15(10-12)14-8-7-13(21)11-17(14)27(5,23)24/h6-11H,1-5H3. The van der Waals surface area contributed by atoms with Crippen molar-refractivity contribution in [1.29, 1.82) is 0 Å². The molecule has 0 N–H and O–H groups in total. The van der Waals surface area contributed by atoms with Crippen molar-refractivity contribution in [3.05, 3.63) is 48.0 Å². The first kappa shape index (κ1) is 20.0. The molecule has 1 saturated heterocycles. The first-order chi connectivity index (χ1) is 12.3. The van der Waals surface area contributed by atoms with E-state index in [2.05, 4.69) is 0 Å². The average molecular weight is 394 g/mol. The molecule has 0 aromatic heterocycles. The highest BCUT2D eigenvalue weighted by Gasteiger charge is 2.51. The van der Waals surface area contributed by atoms with Gasteiger partial charge in [0.15, 0.2) is 9.84 Å². The fraction of sp³-hybridized carbons (Fsp3) is 0.368. The maximum atomic E-state index is 14.5. The zero-order chi connectivity index (χ0) is 20.2. The summed E-state index contributed by atoms with van der Waals surface area (Å²) in [6, 6.07) is 7.50. The van der Waals surface area contributed by atoms with Crippen molar-refractivity contribution >= 4 is 22.4 Å². The first-order valence-corrected chi connectivity index (χ1v) is 10.4. The molecule has 0 atom stereocenters. The Labute approximate surface area is 158 Å². The van der Waals surface area contributed by atoms with Crippen LogP contribution in [0.15, 0.2) is 41.3 Å². The van der Waals surface area contributed by atoms with Gasteiger partial charge in [0.05, 0.1) is 16.1 Å². The molecule has 3 rings (SSSR count). The van der Waals surface area contributed by atoms with Crippen molar-refractivity contribution in [2.45, 2.75) is 43.8 Å². The van der Waals surface area contributed by atoms with Crippen molar-refractivity contribution < 1.29 is 26.5 Å². The van der Waals surface area contributed by atoms with Gasteiger partial charge in [0.1, 0.15) is 11.6 Å². The second kappa shape index (κ2) is 6.39. The van der Waals surface area contributed by atoms with Crippen LogP contribution in [0.5, 0.6) is 0 Å². The molecule has 0 unspecified atom stereocenters. The summed E-state index contributed by atoms with van der Waals surface area (Å²) in [4.78, 5) is -0.271. The minimum absolute atomic E-state index is 0.0441. The molecule has 1 fully saturated rings. The SMILES string of the molecule is CC1(C)OB(c2ccc(F)c(-c3ccc(F)cc3S(C)(=O)=O)c2)OC1(C)C. The fourth-order valence-corrected chi connectivity index (χ4v) is 3.80. The molecule has 144 valence electrons. The zero-order valence-corrected chi connectivity index (χ0v) is 16.7. The molecular weight excluding hydrogens is 373 g/mol. The number of hydrogen-bond acceptors (Lipinski definition) is 4. The van der Waals surface area contributed by atoms with Crippen LogP contribution in [0.3, 0.4) is 0 Å². The molecule has 27 heavy (non-hydrogen) atoms. The molecule has 8 heteroatoms. The van der Waals surface area contributed by atoms with Gasteiger partial charge in [-0.1, -0.05) is 18.2 Å². The topological polar surface area (TPSA) is 52.6 Å². The van der Waals surface area contributed by atoms with E-state index in [4.69, 9.17) is 9.31 Å². The van der Waals surface area contributed by atoms with Crippen LogP contribution >= 0.6 is 0 Å². The lowest BCUT2D eigenvalue weighted by Crippen LogP contribution is -2.41. The lowest BCUT2D eigenvalue weighted by Gasteiger charge is -2.32. The second-order valence-corrected chi connectivity index (χ2v) is 9.72. The highest BCUT2D eigenvalue weighted by molar-refractivity contribution is 7.90. The first-order valence-electron chi connectivity index (χ1n) is 8.47. The molecule has 1 heterocycles. The number of hydrogen-bond donors (Lipinski definition) is 0. The van der Waals surface area contributed by atoms with Crippen LogP contribution in [-0.2, 0) is 19.1 Å². The van der Waals surface area contributed by atoms with E-state index in [1.165, 1.54) is 24.3 Å². The van der Waals surface area contributed by atoms with Crippen molar-refractivity contribution in [3.63, 3.8) is 0 Å². The molecule has 0 spiro atoms. The Morgan fingerprint density at radius 3 is 2.04 bits per heavy atom. The van der Waals surface area contributed by atoms with Gasteiger partial charge in [-0.25, -0.2) is 17.2 Å². The van der Waals surface area contributed by atoms with Crippen LogP contribution in [0.2, 0.25) is 0 Å². The van der Waals surface area contributed by atoms with Crippen molar-refractivity contribution in [2.24, 2.45) is 0 Å². The van der Waals surface area contributed by atoms with Gasteiger partial charge in [0.2, 0.25) is 0 Å². The van der Waals surface area contributed by atoms with Crippen LogP contribution in [-0.4, -0.2) is 33.0 Å². The van der Waals surface area contributed by atoms with E-state index in [1.54, 1.807) is 0 Å². The number of sulfone groups is 1. The normalized spacial score (nSPS) is 18.7. The summed E-state index contributed by atoms with van der Waals surface area (Å²) in [7, 11) is -4.48. The predicted octanol–water partition coefficient (Wildman–Crippen LogP) is 3.33. The Morgan fingerprint density at radius 1 is 0.889 bits per heavy atom. The lowest BCUT2D eigenvalue weighted by molar-refractivity contribution is 0.00578. The summed E-state index contributed by atoms with van der Waals surface area (Å²) in [5.74, 6) is -1.33. The largest absolute Gasteiger partial charge is 0.494 e. The van der Waals surface area contributed by atoms with Gasteiger partial charge >= 0.3 is 7.12 Å². The summed E-state index contributed by atoms with van der Waals surface area (Å²) in [5.41, 5.74) is -0.453. The quantitative estimate of drug-likeness (QED) is 0.750. The summed E-state index contributed by atoms with van der Waals surface area (Å²) < 4.78 is 64.2. The van der Waals surface area contributed by atoms with E-state index >= 15 is 0 Å². The molecule has 1 aliphatic heterocycles. The molecule has 4 nitrogen and oxygen atoms in total. The fourth-order valence-electron chi connectivity index (χ4n) is 2.90. The molecule has 0 radical (unpaired) electrons. The molecule has 0 saturated carbocycles. The summed E-state index contributed by atoms with van der Waals surface area (Å²) in [6.45, 7) is 7.61. The zero-order valence-electron chi connectivity index (χ0n) is 15.8. The molecule has 1 aliphatic rings. The Bertz CT molecular complexity index is 987. The second-order valence-electron chi connectivity index (χ2n) is 7.74. The van der Waals surface area contributed by atoms with E-state index in [1.807, 2.05) is 27.7 Å². The van der Waals surface area contributed by atoms with Crippen LogP contribution in [0.4, 0.5) is 8.78 Å². The Hall–Kier alpha value is -1.77. The highest BCUT2D eigenvalue weighted by atomic mass is 32.2. The molecule has 0 aliphatic carbocycles. The van der Waals surface area contributed by atoms with Gasteiger partial charge in [0.25, 0.3) is 0 Å². The molecule has 2 aromatic rings. The Kier molecular flexibility index (Phi) is 4.73. The maximum absolute atomic E-state index is 14.5. The van der Waals surface area contributed by atoms with Crippen molar-refractivity contribution in [3.8, 4) is 11.1 Å². The van der Waals surface area contributed by atoms with Gasteiger partial charge in [0, 0.05) is 17.4 Å². The summed E-state index contributed by atoms with van der Waals surface area (Å²) >= 11 is 0. The van der Waals surface area contributed by atoms with Gasteiger partial charge < -0.3 is 9.31 Å². The molecular formula is C19H21BF2O4S. The van der Waals surface area contributed by atoms with Crippen molar-refractivity contribution in [2.75, 3.05) is 6.26 Å². The number of benzene rings is 2. The predicted molar refractivity (Wildman–Crippen MR) is 101 cm³/mol. The van der Waals surface area contributed by atoms with Crippen LogP contribution in [0.25, 0.3) is 11.1 Å². The third-order valence-corrected chi connectivity index (χ3v) is 6.29. The van der Waals surface area contributed by atoms with Gasteiger partial charge in [-0.15, -0.1) is 0 Å². The van der Waals surface area contributed by atoms with E-state index < -0.39 is 39.8 Å². The molecule has 2 aromatic carbocycles. The van der Waals surface area contributed by atoms with Gasteiger partial charge in [-0.05, 0) is 51.4 Å². The minimum atomic E-state index is -3.76. The monoisotopic (exact) mass is 394 g/mol. The van der Waals surface area contributed by atoms with E-state index in [9.17, 15) is 17.2 Å². The highest BCUT2D eigenvalue weighted by Crippen LogP contribution is 2.37. The third-order valence-electron chi connectivity index (χ3n) is 5.15. The van der Waals surface area contributed by atoms with E-state index in [0.717, 1.165) is 18.4 Å². The smallest absolute Gasteiger partial charge is 0.399 e. The third kappa shape index (κ3) is 3.66. The van der Waals surface area contributed by atoms with Crippen molar-refractivity contribution in [1.82, 2.24) is 0 Å².